The van der Waals surface area contributed by atoms with Gasteiger partial charge in [-0.1, -0.05) is 20.8 Å². The average molecular weight is 141 g/mol. The van der Waals surface area contributed by atoms with Crippen LogP contribution in [-0.2, 0) is 0 Å². The second-order valence-electron chi connectivity index (χ2n) is 3.21. The van der Waals surface area contributed by atoms with Gasteiger partial charge in [0.25, 0.3) is 0 Å². The lowest BCUT2D eigenvalue weighted by Gasteiger charge is -2.02. The molecule has 0 heterocycles. The fraction of sp³-hybridized carbons (Fsp3) is 0.889. The van der Waals surface area contributed by atoms with E-state index in [1.165, 1.54) is 5.71 Å². The summed E-state index contributed by atoms with van der Waals surface area (Å²) in [5.41, 5.74) is 1.30. The Kier molecular flexibility index (Phi) is 5.27. The number of rotatable bonds is 4. The van der Waals surface area contributed by atoms with Gasteiger partial charge in [-0.25, -0.2) is 0 Å². The molecule has 0 amide bonds. The lowest BCUT2D eigenvalue weighted by atomic mass is 10.1. The summed E-state index contributed by atoms with van der Waals surface area (Å²) >= 11 is 0. The van der Waals surface area contributed by atoms with E-state index in [4.69, 9.17) is 0 Å². The van der Waals surface area contributed by atoms with Crippen LogP contribution in [0.1, 0.15) is 40.5 Å². The van der Waals surface area contributed by atoms with Gasteiger partial charge in [0, 0.05) is 12.3 Å². The van der Waals surface area contributed by atoms with Gasteiger partial charge in [0.1, 0.15) is 0 Å². The molecule has 0 aromatic rings. The van der Waals surface area contributed by atoms with Crippen molar-refractivity contribution in [2.75, 3.05) is 6.54 Å². The van der Waals surface area contributed by atoms with Gasteiger partial charge in [-0.15, -0.1) is 0 Å². The predicted molar refractivity (Wildman–Crippen MR) is 47.7 cm³/mol. The molecule has 1 heteroatoms. The second kappa shape index (κ2) is 5.45. The van der Waals surface area contributed by atoms with Gasteiger partial charge in [0.2, 0.25) is 0 Å². The first kappa shape index (κ1) is 9.67. The Balaban J connectivity index is 3.49. The first-order chi connectivity index (χ1) is 4.66. The Morgan fingerprint density at radius 1 is 1.40 bits per heavy atom. The fourth-order valence-electron chi connectivity index (χ4n) is 0.958. The van der Waals surface area contributed by atoms with E-state index < -0.39 is 0 Å². The molecule has 0 aliphatic heterocycles. The first-order valence-corrected chi connectivity index (χ1v) is 4.16. The minimum absolute atomic E-state index is 0.751. The molecule has 0 saturated heterocycles. The van der Waals surface area contributed by atoms with Crippen LogP contribution in [0, 0.1) is 5.92 Å². The van der Waals surface area contributed by atoms with Crippen LogP contribution in [0.5, 0.6) is 0 Å². The van der Waals surface area contributed by atoms with Crippen molar-refractivity contribution in [2.45, 2.75) is 40.5 Å². The number of hydrogen-bond acceptors (Lipinski definition) is 1. The van der Waals surface area contributed by atoms with Gasteiger partial charge < -0.3 is 0 Å². The normalized spacial score (nSPS) is 12.7. The van der Waals surface area contributed by atoms with Crippen molar-refractivity contribution >= 4 is 5.71 Å². The molecule has 0 fully saturated rings. The van der Waals surface area contributed by atoms with Gasteiger partial charge in [0.05, 0.1) is 0 Å². The first-order valence-electron chi connectivity index (χ1n) is 4.16. The summed E-state index contributed by atoms with van der Waals surface area (Å²) in [5.74, 6) is 0.751. The number of aliphatic imine (C=N–C) groups is 1. The molecule has 0 aromatic carbocycles. The third-order valence-corrected chi connectivity index (χ3v) is 1.31. The van der Waals surface area contributed by atoms with Crippen molar-refractivity contribution < 1.29 is 0 Å². The maximum atomic E-state index is 4.40. The molecule has 1 nitrogen and oxygen atoms in total. The van der Waals surface area contributed by atoms with Crippen molar-refractivity contribution in [1.29, 1.82) is 0 Å². The van der Waals surface area contributed by atoms with Gasteiger partial charge >= 0.3 is 0 Å². The second-order valence-corrected chi connectivity index (χ2v) is 3.21. The van der Waals surface area contributed by atoms with Crippen LogP contribution in [0.4, 0.5) is 0 Å². The third-order valence-electron chi connectivity index (χ3n) is 1.31. The lowest BCUT2D eigenvalue weighted by Crippen LogP contribution is -1.98. The highest BCUT2D eigenvalue weighted by molar-refractivity contribution is 5.81. The Morgan fingerprint density at radius 2 is 2.00 bits per heavy atom. The largest absolute Gasteiger partial charge is 0.294 e. The molecule has 0 aliphatic rings. The van der Waals surface area contributed by atoms with Gasteiger partial charge in [-0.05, 0) is 25.7 Å². The minimum Gasteiger partial charge on any atom is -0.294 e. The third kappa shape index (κ3) is 5.80. The summed E-state index contributed by atoms with van der Waals surface area (Å²) < 4.78 is 0. The number of nitrogens with zero attached hydrogens (tertiary/aromatic N) is 1. The van der Waals surface area contributed by atoms with Crippen LogP contribution in [0.25, 0.3) is 0 Å². The molecule has 0 rings (SSSR count). The molecule has 60 valence electrons. The predicted octanol–water partition coefficient (Wildman–Crippen LogP) is 2.90. The Labute approximate surface area is 64.6 Å². The van der Waals surface area contributed by atoms with Crippen molar-refractivity contribution in [1.82, 2.24) is 0 Å². The molecular formula is C9H19N. The smallest absolute Gasteiger partial charge is 0.0385 e. The fourth-order valence-corrected chi connectivity index (χ4v) is 0.958. The Bertz CT molecular complexity index is 103. The van der Waals surface area contributed by atoms with Crippen LogP contribution in [0.2, 0.25) is 0 Å². The van der Waals surface area contributed by atoms with Gasteiger partial charge in [0.15, 0.2) is 0 Å². The SMILES string of the molecule is CCC/N=C(\C)CC(C)C. The average Bonchev–Trinajstić information content (AvgIpc) is 1.82. The van der Waals surface area contributed by atoms with Crippen molar-refractivity contribution in [2.24, 2.45) is 10.9 Å². The summed E-state index contributed by atoms with van der Waals surface area (Å²) in [6, 6.07) is 0. The van der Waals surface area contributed by atoms with Crippen LogP contribution in [0.15, 0.2) is 4.99 Å². The summed E-state index contributed by atoms with van der Waals surface area (Å²) in [5, 5.41) is 0. The molecule has 10 heavy (non-hydrogen) atoms. The van der Waals surface area contributed by atoms with E-state index in [1.54, 1.807) is 0 Å². The molecule has 0 radical (unpaired) electrons. The quantitative estimate of drug-likeness (QED) is 0.534. The van der Waals surface area contributed by atoms with E-state index in [1.807, 2.05) is 0 Å². The van der Waals surface area contributed by atoms with Crippen LogP contribution in [0.3, 0.4) is 0 Å². The van der Waals surface area contributed by atoms with E-state index >= 15 is 0 Å². The molecule has 0 bridgehead atoms. The van der Waals surface area contributed by atoms with E-state index in [0.717, 1.165) is 25.3 Å². The van der Waals surface area contributed by atoms with Gasteiger partial charge in [-0.3, -0.25) is 4.99 Å². The van der Waals surface area contributed by atoms with E-state index in [-0.39, 0.29) is 0 Å². The molecule has 0 atom stereocenters. The lowest BCUT2D eigenvalue weighted by molar-refractivity contribution is 0.679. The van der Waals surface area contributed by atoms with Crippen molar-refractivity contribution in [3.05, 3.63) is 0 Å². The summed E-state index contributed by atoms with van der Waals surface area (Å²) in [6.45, 7) is 9.73. The molecule has 0 spiro atoms. The zero-order chi connectivity index (χ0) is 7.98. The summed E-state index contributed by atoms with van der Waals surface area (Å²) in [7, 11) is 0. The van der Waals surface area contributed by atoms with E-state index in [9.17, 15) is 0 Å². The molecular weight excluding hydrogens is 122 g/mol. The molecule has 0 aliphatic carbocycles. The topological polar surface area (TPSA) is 12.4 Å². The highest BCUT2D eigenvalue weighted by Gasteiger charge is 1.94. The van der Waals surface area contributed by atoms with Crippen molar-refractivity contribution in [3.8, 4) is 0 Å². The summed E-state index contributed by atoms with van der Waals surface area (Å²) in [4.78, 5) is 4.40. The molecule has 0 aromatic heterocycles. The van der Waals surface area contributed by atoms with E-state index in [2.05, 4.69) is 32.7 Å². The molecule has 0 N–H and O–H groups in total. The van der Waals surface area contributed by atoms with Crippen LogP contribution < -0.4 is 0 Å². The monoisotopic (exact) mass is 141 g/mol. The molecule has 0 saturated carbocycles. The highest BCUT2D eigenvalue weighted by Crippen LogP contribution is 2.01. The Morgan fingerprint density at radius 3 is 2.40 bits per heavy atom. The maximum absolute atomic E-state index is 4.40. The van der Waals surface area contributed by atoms with Crippen LogP contribution in [-0.4, -0.2) is 12.3 Å². The van der Waals surface area contributed by atoms with Crippen LogP contribution >= 0.6 is 0 Å². The summed E-state index contributed by atoms with van der Waals surface area (Å²) in [6.07, 6.45) is 2.31. The number of hydrogen-bond donors (Lipinski definition) is 0. The maximum Gasteiger partial charge on any atom is 0.0385 e. The standard InChI is InChI=1S/C9H19N/c1-5-6-10-9(4)7-8(2)3/h8H,5-7H2,1-4H3/b10-9+. The molecule has 0 unspecified atom stereocenters. The van der Waals surface area contributed by atoms with Gasteiger partial charge in [-0.2, -0.15) is 0 Å². The van der Waals surface area contributed by atoms with E-state index in [0.29, 0.717) is 0 Å². The highest BCUT2D eigenvalue weighted by atomic mass is 14.7. The Hall–Kier alpha value is -0.330. The minimum atomic E-state index is 0.751. The zero-order valence-corrected chi connectivity index (χ0v) is 7.65. The van der Waals surface area contributed by atoms with Crippen molar-refractivity contribution in [3.63, 3.8) is 0 Å². The zero-order valence-electron chi connectivity index (χ0n) is 7.65.